The molecule has 4 rings (SSSR count). The van der Waals surface area contributed by atoms with E-state index in [2.05, 4.69) is 9.97 Å². The Morgan fingerprint density at radius 1 is 1.25 bits per heavy atom. The summed E-state index contributed by atoms with van der Waals surface area (Å²) in [6.45, 7) is 3.39. The van der Waals surface area contributed by atoms with Crippen LogP contribution < -0.4 is 5.56 Å². The predicted octanol–water partition coefficient (Wildman–Crippen LogP) is 3.05. The first kappa shape index (κ1) is 18.4. The number of ether oxygens (including phenoxy) is 1. The standard InChI is InChI=1S/C22H23N3O3/c1-15-6-4-7-16(12-15)22(27)25(13-17-8-5-11-28-17)14-20-23-19-10-3-2-9-18(19)21(26)24-20/h2-4,6-7,9-10,12,17H,5,8,11,13-14H2,1H3,(H,23,24,26). The molecule has 1 unspecified atom stereocenters. The van der Waals surface area contributed by atoms with Crippen LogP contribution >= 0.6 is 0 Å². The molecule has 28 heavy (non-hydrogen) atoms. The number of H-pyrrole nitrogens is 1. The molecule has 1 aromatic heterocycles. The van der Waals surface area contributed by atoms with Gasteiger partial charge in [0, 0.05) is 18.7 Å². The Kier molecular flexibility index (Phi) is 5.21. The third-order valence-electron chi connectivity index (χ3n) is 5.00. The van der Waals surface area contributed by atoms with Gasteiger partial charge in [0.1, 0.15) is 5.82 Å². The second kappa shape index (κ2) is 7.94. The molecular formula is C22H23N3O3. The zero-order valence-corrected chi connectivity index (χ0v) is 15.9. The Hall–Kier alpha value is -2.99. The number of para-hydroxylation sites is 1. The second-order valence-electron chi connectivity index (χ2n) is 7.22. The highest BCUT2D eigenvalue weighted by Crippen LogP contribution is 2.17. The second-order valence-corrected chi connectivity index (χ2v) is 7.22. The molecule has 0 spiro atoms. The summed E-state index contributed by atoms with van der Waals surface area (Å²) in [7, 11) is 0. The van der Waals surface area contributed by atoms with Crippen molar-refractivity contribution in [2.75, 3.05) is 13.2 Å². The van der Waals surface area contributed by atoms with Gasteiger partial charge in [-0.1, -0.05) is 29.8 Å². The molecule has 6 nitrogen and oxygen atoms in total. The van der Waals surface area contributed by atoms with Crippen LogP contribution in [0.2, 0.25) is 0 Å². The lowest BCUT2D eigenvalue weighted by atomic mass is 10.1. The van der Waals surface area contributed by atoms with E-state index in [1.807, 2.05) is 43.3 Å². The summed E-state index contributed by atoms with van der Waals surface area (Å²) < 4.78 is 5.74. The normalized spacial score (nSPS) is 16.4. The van der Waals surface area contributed by atoms with Crippen molar-refractivity contribution < 1.29 is 9.53 Å². The number of hydrogen-bond donors (Lipinski definition) is 1. The van der Waals surface area contributed by atoms with Crippen LogP contribution in [0.15, 0.2) is 53.3 Å². The number of aromatic nitrogens is 2. The largest absolute Gasteiger partial charge is 0.376 e. The molecule has 1 aliphatic heterocycles. The van der Waals surface area contributed by atoms with Crippen LogP contribution in [0.5, 0.6) is 0 Å². The number of benzene rings is 2. The topological polar surface area (TPSA) is 75.3 Å². The van der Waals surface area contributed by atoms with Crippen LogP contribution in [0.4, 0.5) is 0 Å². The van der Waals surface area contributed by atoms with Gasteiger partial charge >= 0.3 is 0 Å². The molecule has 0 bridgehead atoms. The fourth-order valence-corrected chi connectivity index (χ4v) is 3.60. The number of nitrogens with zero attached hydrogens (tertiary/aromatic N) is 2. The number of carbonyl (C=O) groups is 1. The number of amides is 1. The number of nitrogens with one attached hydrogen (secondary N) is 1. The van der Waals surface area contributed by atoms with Crippen LogP contribution in [0.3, 0.4) is 0 Å². The Morgan fingerprint density at radius 2 is 2.11 bits per heavy atom. The van der Waals surface area contributed by atoms with Crippen molar-refractivity contribution in [3.8, 4) is 0 Å². The molecule has 0 aliphatic carbocycles. The lowest BCUT2D eigenvalue weighted by Gasteiger charge is -2.25. The minimum absolute atomic E-state index is 0.0148. The van der Waals surface area contributed by atoms with E-state index < -0.39 is 0 Å². The van der Waals surface area contributed by atoms with Gasteiger partial charge in [-0.2, -0.15) is 0 Å². The molecule has 1 amide bonds. The Balaban J connectivity index is 1.65. The molecule has 1 saturated heterocycles. The first-order valence-corrected chi connectivity index (χ1v) is 9.55. The lowest BCUT2D eigenvalue weighted by molar-refractivity contribution is 0.0501. The van der Waals surface area contributed by atoms with Gasteiger partial charge in [-0.05, 0) is 44.0 Å². The van der Waals surface area contributed by atoms with E-state index >= 15 is 0 Å². The van der Waals surface area contributed by atoms with Crippen LogP contribution in [0.1, 0.15) is 34.6 Å². The van der Waals surface area contributed by atoms with Crippen LogP contribution in [-0.2, 0) is 11.3 Å². The summed E-state index contributed by atoms with van der Waals surface area (Å²) in [6, 6.07) is 14.7. The van der Waals surface area contributed by atoms with Crippen LogP contribution in [0.25, 0.3) is 10.9 Å². The highest BCUT2D eigenvalue weighted by Gasteiger charge is 2.24. The Labute approximate surface area is 163 Å². The van der Waals surface area contributed by atoms with Crippen LogP contribution in [0, 0.1) is 6.92 Å². The van der Waals surface area contributed by atoms with E-state index in [4.69, 9.17) is 4.74 Å². The number of carbonyl (C=O) groups excluding carboxylic acids is 1. The average molecular weight is 377 g/mol. The van der Waals surface area contributed by atoms with Gasteiger partial charge in [0.15, 0.2) is 0 Å². The highest BCUT2D eigenvalue weighted by atomic mass is 16.5. The van der Waals surface area contributed by atoms with Crippen molar-refractivity contribution >= 4 is 16.8 Å². The summed E-state index contributed by atoms with van der Waals surface area (Å²) in [6.07, 6.45) is 1.95. The Morgan fingerprint density at radius 3 is 2.89 bits per heavy atom. The minimum Gasteiger partial charge on any atom is -0.376 e. The summed E-state index contributed by atoms with van der Waals surface area (Å²) in [4.78, 5) is 34.7. The van der Waals surface area contributed by atoms with Crippen LogP contribution in [-0.4, -0.2) is 40.0 Å². The number of hydrogen-bond acceptors (Lipinski definition) is 4. The predicted molar refractivity (Wildman–Crippen MR) is 107 cm³/mol. The number of fused-ring (bicyclic) bond motifs is 1. The van der Waals surface area contributed by atoms with Crippen molar-refractivity contribution in [3.63, 3.8) is 0 Å². The third-order valence-corrected chi connectivity index (χ3v) is 5.00. The molecule has 6 heteroatoms. The molecule has 0 saturated carbocycles. The van der Waals surface area contributed by atoms with E-state index in [0.29, 0.717) is 28.8 Å². The fraction of sp³-hybridized carbons (Fsp3) is 0.318. The van der Waals surface area contributed by atoms with Gasteiger partial charge in [-0.25, -0.2) is 4.98 Å². The van der Waals surface area contributed by atoms with Gasteiger partial charge in [-0.3, -0.25) is 9.59 Å². The van der Waals surface area contributed by atoms with Gasteiger partial charge in [-0.15, -0.1) is 0 Å². The smallest absolute Gasteiger partial charge is 0.258 e. The zero-order valence-electron chi connectivity index (χ0n) is 15.9. The molecule has 1 fully saturated rings. The molecule has 1 N–H and O–H groups in total. The third kappa shape index (κ3) is 3.97. The SMILES string of the molecule is Cc1cccc(C(=O)N(Cc2nc3ccccc3c(=O)[nH]2)CC2CCCO2)c1. The first-order chi connectivity index (χ1) is 13.6. The molecule has 144 valence electrons. The van der Waals surface area contributed by atoms with Crippen molar-refractivity contribution in [2.45, 2.75) is 32.4 Å². The minimum atomic E-state index is -0.194. The molecule has 1 atom stereocenters. The van der Waals surface area contributed by atoms with Gasteiger partial charge in [0.2, 0.25) is 0 Å². The lowest BCUT2D eigenvalue weighted by Crippen LogP contribution is -2.38. The zero-order chi connectivity index (χ0) is 19.5. The number of aryl methyl sites for hydroxylation is 1. The fourth-order valence-electron chi connectivity index (χ4n) is 3.60. The van der Waals surface area contributed by atoms with Crippen molar-refractivity contribution in [2.24, 2.45) is 0 Å². The molecule has 1 aliphatic rings. The highest BCUT2D eigenvalue weighted by molar-refractivity contribution is 5.94. The van der Waals surface area contributed by atoms with Crippen molar-refractivity contribution in [1.82, 2.24) is 14.9 Å². The molecule has 2 heterocycles. The van der Waals surface area contributed by atoms with Crippen molar-refractivity contribution in [3.05, 3.63) is 75.8 Å². The monoisotopic (exact) mass is 377 g/mol. The Bertz CT molecular complexity index is 1050. The maximum atomic E-state index is 13.2. The molecule has 2 aromatic carbocycles. The van der Waals surface area contributed by atoms with Gasteiger partial charge in [0.05, 0.1) is 23.6 Å². The van der Waals surface area contributed by atoms with Gasteiger partial charge in [0.25, 0.3) is 11.5 Å². The number of rotatable bonds is 5. The van der Waals surface area contributed by atoms with E-state index in [0.717, 1.165) is 25.0 Å². The summed E-state index contributed by atoms with van der Waals surface area (Å²) in [5, 5.41) is 0.543. The average Bonchev–Trinajstić information content (AvgIpc) is 3.20. The van der Waals surface area contributed by atoms with E-state index in [9.17, 15) is 9.59 Å². The molecule has 3 aromatic rings. The maximum Gasteiger partial charge on any atom is 0.258 e. The van der Waals surface area contributed by atoms with E-state index in [-0.39, 0.29) is 24.1 Å². The summed E-state index contributed by atoms with van der Waals surface area (Å²) >= 11 is 0. The van der Waals surface area contributed by atoms with E-state index in [1.165, 1.54) is 0 Å². The maximum absolute atomic E-state index is 13.2. The summed E-state index contributed by atoms with van der Waals surface area (Å²) in [5.74, 6) is 0.387. The molecular weight excluding hydrogens is 354 g/mol. The number of aromatic amines is 1. The van der Waals surface area contributed by atoms with Crippen molar-refractivity contribution in [1.29, 1.82) is 0 Å². The molecule has 0 radical (unpaired) electrons. The summed E-state index contributed by atoms with van der Waals surface area (Å²) in [5.41, 5.74) is 2.09. The van der Waals surface area contributed by atoms with Gasteiger partial charge < -0.3 is 14.6 Å². The quantitative estimate of drug-likeness (QED) is 0.742. The van der Waals surface area contributed by atoms with E-state index in [1.54, 1.807) is 17.0 Å². The first-order valence-electron chi connectivity index (χ1n) is 9.55.